The highest BCUT2D eigenvalue weighted by Crippen LogP contribution is 2.23. The molecule has 0 spiro atoms. The Bertz CT molecular complexity index is 794. The first kappa shape index (κ1) is 19.3. The molecule has 0 aliphatic carbocycles. The lowest BCUT2D eigenvalue weighted by atomic mass is 10.0. The summed E-state index contributed by atoms with van der Waals surface area (Å²) >= 11 is 0. The Morgan fingerprint density at radius 2 is 1.96 bits per heavy atom. The van der Waals surface area contributed by atoms with E-state index in [4.69, 9.17) is 4.74 Å². The molecule has 0 saturated carbocycles. The van der Waals surface area contributed by atoms with Crippen LogP contribution in [-0.2, 0) is 16.1 Å². The van der Waals surface area contributed by atoms with Gasteiger partial charge in [0, 0.05) is 18.8 Å². The van der Waals surface area contributed by atoms with Crippen LogP contribution < -0.4 is 5.43 Å². The highest BCUT2D eigenvalue weighted by atomic mass is 16.5. The average Bonchev–Trinajstić information content (AvgIpc) is 2.99. The Morgan fingerprint density at radius 1 is 1.26 bits per heavy atom. The van der Waals surface area contributed by atoms with Gasteiger partial charge in [-0.2, -0.15) is 10.2 Å². The molecule has 1 amide bonds. The summed E-state index contributed by atoms with van der Waals surface area (Å²) in [4.78, 5) is 14.6. The zero-order valence-electron chi connectivity index (χ0n) is 16.2. The third kappa shape index (κ3) is 5.02. The second kappa shape index (κ2) is 8.92. The first-order valence-corrected chi connectivity index (χ1v) is 9.25. The SMILES string of the molecule is C/C(=N/NC(=O)Cn1nc(C)cc1C)[C@@H](c1ccccc1)N1CCOCC1. The van der Waals surface area contributed by atoms with E-state index in [1.54, 1.807) is 4.68 Å². The van der Waals surface area contributed by atoms with Gasteiger partial charge in [-0.15, -0.1) is 0 Å². The summed E-state index contributed by atoms with van der Waals surface area (Å²) in [7, 11) is 0. The Morgan fingerprint density at radius 3 is 2.59 bits per heavy atom. The second-order valence-corrected chi connectivity index (χ2v) is 6.83. The van der Waals surface area contributed by atoms with E-state index in [0.717, 1.165) is 35.8 Å². The lowest BCUT2D eigenvalue weighted by molar-refractivity contribution is -0.121. The van der Waals surface area contributed by atoms with E-state index in [1.165, 1.54) is 0 Å². The van der Waals surface area contributed by atoms with Gasteiger partial charge in [-0.3, -0.25) is 14.4 Å². The summed E-state index contributed by atoms with van der Waals surface area (Å²) in [6.07, 6.45) is 0. The normalized spacial score (nSPS) is 16.9. The molecule has 1 saturated heterocycles. The molecule has 1 fully saturated rings. The van der Waals surface area contributed by atoms with E-state index in [2.05, 4.69) is 32.7 Å². The highest BCUT2D eigenvalue weighted by molar-refractivity contribution is 5.89. The lowest BCUT2D eigenvalue weighted by Gasteiger charge is -2.34. The molecule has 1 atom stereocenters. The number of nitrogens with zero attached hydrogens (tertiary/aromatic N) is 4. The minimum absolute atomic E-state index is 0.0177. The number of rotatable bonds is 6. The lowest BCUT2D eigenvalue weighted by Crippen LogP contribution is -2.42. The van der Waals surface area contributed by atoms with Crippen LogP contribution in [0.15, 0.2) is 41.5 Å². The van der Waals surface area contributed by atoms with Crippen LogP contribution in [0.4, 0.5) is 0 Å². The Balaban J connectivity index is 1.71. The van der Waals surface area contributed by atoms with Crippen molar-refractivity contribution >= 4 is 11.6 Å². The predicted molar refractivity (Wildman–Crippen MR) is 105 cm³/mol. The molecule has 1 aromatic heterocycles. The Labute approximate surface area is 160 Å². The van der Waals surface area contributed by atoms with Crippen LogP contribution in [0, 0.1) is 13.8 Å². The van der Waals surface area contributed by atoms with Gasteiger partial charge in [0.1, 0.15) is 6.54 Å². The molecule has 7 heteroatoms. The third-order valence-electron chi connectivity index (χ3n) is 4.68. The van der Waals surface area contributed by atoms with Crippen molar-refractivity contribution in [3.63, 3.8) is 0 Å². The fourth-order valence-corrected chi connectivity index (χ4v) is 3.41. The van der Waals surface area contributed by atoms with Crippen LogP contribution >= 0.6 is 0 Å². The van der Waals surface area contributed by atoms with E-state index in [9.17, 15) is 4.79 Å². The maximum Gasteiger partial charge on any atom is 0.261 e. The maximum absolute atomic E-state index is 12.3. The monoisotopic (exact) mass is 369 g/mol. The van der Waals surface area contributed by atoms with Gasteiger partial charge in [-0.25, -0.2) is 5.43 Å². The molecule has 0 unspecified atom stereocenters. The first-order chi connectivity index (χ1) is 13.0. The van der Waals surface area contributed by atoms with Crippen molar-refractivity contribution in [3.8, 4) is 0 Å². The number of hydrazone groups is 1. The summed E-state index contributed by atoms with van der Waals surface area (Å²) in [6, 6.07) is 12.2. The van der Waals surface area contributed by atoms with Crippen LogP contribution in [0.3, 0.4) is 0 Å². The van der Waals surface area contributed by atoms with Gasteiger partial charge in [0.2, 0.25) is 0 Å². The topological polar surface area (TPSA) is 71.8 Å². The van der Waals surface area contributed by atoms with Gasteiger partial charge in [-0.05, 0) is 32.4 Å². The van der Waals surface area contributed by atoms with Gasteiger partial charge in [0.15, 0.2) is 0 Å². The number of morpholine rings is 1. The van der Waals surface area contributed by atoms with E-state index in [1.807, 2.05) is 45.0 Å². The van der Waals surface area contributed by atoms with E-state index >= 15 is 0 Å². The van der Waals surface area contributed by atoms with Crippen LogP contribution in [0.2, 0.25) is 0 Å². The molecule has 1 aromatic carbocycles. The zero-order chi connectivity index (χ0) is 19.2. The summed E-state index contributed by atoms with van der Waals surface area (Å²) in [6.45, 7) is 9.06. The summed E-state index contributed by atoms with van der Waals surface area (Å²) in [5.41, 5.74) is 6.56. The van der Waals surface area contributed by atoms with Crippen LogP contribution in [0.1, 0.15) is 29.9 Å². The van der Waals surface area contributed by atoms with Crippen molar-refractivity contribution in [2.75, 3.05) is 26.3 Å². The second-order valence-electron chi connectivity index (χ2n) is 6.83. The van der Waals surface area contributed by atoms with Gasteiger partial charge in [0.05, 0.1) is 30.7 Å². The summed E-state index contributed by atoms with van der Waals surface area (Å²) in [5.74, 6) is -0.186. The number of carbonyl (C=O) groups excluding carboxylic acids is 1. The fourth-order valence-electron chi connectivity index (χ4n) is 3.41. The first-order valence-electron chi connectivity index (χ1n) is 9.25. The van der Waals surface area contributed by atoms with Crippen molar-refractivity contribution in [2.24, 2.45) is 5.10 Å². The van der Waals surface area contributed by atoms with Gasteiger partial charge >= 0.3 is 0 Å². The minimum Gasteiger partial charge on any atom is -0.379 e. The van der Waals surface area contributed by atoms with Crippen molar-refractivity contribution in [1.82, 2.24) is 20.1 Å². The molecule has 0 bridgehead atoms. The van der Waals surface area contributed by atoms with Crippen molar-refractivity contribution in [2.45, 2.75) is 33.4 Å². The molecule has 1 N–H and O–H groups in total. The number of amides is 1. The number of hydrogen-bond donors (Lipinski definition) is 1. The number of ether oxygens (including phenoxy) is 1. The zero-order valence-corrected chi connectivity index (χ0v) is 16.2. The smallest absolute Gasteiger partial charge is 0.261 e. The van der Waals surface area contributed by atoms with Crippen molar-refractivity contribution < 1.29 is 9.53 Å². The van der Waals surface area contributed by atoms with Gasteiger partial charge in [-0.1, -0.05) is 30.3 Å². The van der Waals surface area contributed by atoms with Crippen LogP contribution in [-0.4, -0.2) is 52.6 Å². The van der Waals surface area contributed by atoms with E-state index in [0.29, 0.717) is 13.2 Å². The molecule has 27 heavy (non-hydrogen) atoms. The molecule has 1 aliphatic heterocycles. The largest absolute Gasteiger partial charge is 0.379 e. The predicted octanol–water partition coefficient (Wildman–Crippen LogP) is 2.07. The maximum atomic E-state index is 12.3. The third-order valence-corrected chi connectivity index (χ3v) is 4.68. The molecule has 3 rings (SSSR count). The summed E-state index contributed by atoms with van der Waals surface area (Å²) < 4.78 is 7.17. The molecular weight excluding hydrogens is 342 g/mol. The number of aromatic nitrogens is 2. The van der Waals surface area contributed by atoms with Crippen molar-refractivity contribution in [3.05, 3.63) is 53.3 Å². The quantitative estimate of drug-likeness (QED) is 0.625. The Hall–Kier alpha value is -2.51. The number of hydrogen-bond acceptors (Lipinski definition) is 5. The molecule has 1 aliphatic rings. The number of nitrogens with one attached hydrogen (secondary N) is 1. The van der Waals surface area contributed by atoms with E-state index in [-0.39, 0.29) is 18.5 Å². The molecule has 2 aromatic rings. The fraction of sp³-hybridized carbons (Fsp3) is 0.450. The highest BCUT2D eigenvalue weighted by Gasteiger charge is 2.25. The Kier molecular flexibility index (Phi) is 6.36. The van der Waals surface area contributed by atoms with Crippen molar-refractivity contribution in [1.29, 1.82) is 0 Å². The summed E-state index contributed by atoms with van der Waals surface area (Å²) in [5, 5.41) is 8.72. The molecular formula is C20H27N5O2. The molecule has 0 radical (unpaired) electrons. The van der Waals surface area contributed by atoms with Crippen LogP contribution in [0.25, 0.3) is 0 Å². The standard InChI is InChI=1S/C20H27N5O2/c1-15-13-16(2)25(23-15)14-19(26)22-21-17(3)20(18-7-5-4-6-8-18)24-9-11-27-12-10-24/h4-8,13,20H,9-12,14H2,1-3H3,(H,22,26)/b21-17-/t20-/m0/s1. The van der Waals surface area contributed by atoms with Crippen LogP contribution in [0.5, 0.6) is 0 Å². The van der Waals surface area contributed by atoms with Gasteiger partial charge in [0.25, 0.3) is 5.91 Å². The molecule has 7 nitrogen and oxygen atoms in total. The van der Waals surface area contributed by atoms with Gasteiger partial charge < -0.3 is 4.74 Å². The molecule has 144 valence electrons. The number of carbonyl (C=O) groups is 1. The molecule has 2 heterocycles. The average molecular weight is 369 g/mol. The number of aryl methyl sites for hydroxylation is 2. The number of benzene rings is 1. The minimum atomic E-state index is -0.186. The van der Waals surface area contributed by atoms with E-state index < -0.39 is 0 Å².